The summed E-state index contributed by atoms with van der Waals surface area (Å²) in [6.07, 6.45) is 10.8. The molecule has 0 aliphatic rings. The van der Waals surface area contributed by atoms with Crippen LogP contribution in [0.25, 0.3) is 28.0 Å². The number of thioether (sulfide) groups is 1. The van der Waals surface area contributed by atoms with Crippen LogP contribution in [0.5, 0.6) is 0 Å². The summed E-state index contributed by atoms with van der Waals surface area (Å²) in [6, 6.07) is 11.2. The van der Waals surface area contributed by atoms with Crippen LogP contribution in [0, 0.1) is 5.82 Å². The predicted octanol–water partition coefficient (Wildman–Crippen LogP) is 8.00. The van der Waals surface area contributed by atoms with E-state index in [9.17, 15) is 9.18 Å². The van der Waals surface area contributed by atoms with E-state index >= 15 is 4.39 Å². The Morgan fingerprint density at radius 2 is 1.98 bits per heavy atom. The van der Waals surface area contributed by atoms with Crippen molar-refractivity contribution >= 4 is 40.2 Å². The highest BCUT2D eigenvalue weighted by molar-refractivity contribution is 7.98. The molecule has 2 heterocycles. The molecule has 0 amide bonds. The van der Waals surface area contributed by atoms with Crippen molar-refractivity contribution < 1.29 is 8.78 Å². The zero-order valence-electron chi connectivity index (χ0n) is 28.7. The molecule has 2 unspecified atom stereocenters. The van der Waals surface area contributed by atoms with Crippen molar-refractivity contribution in [2.45, 2.75) is 75.8 Å². The van der Waals surface area contributed by atoms with E-state index in [0.717, 1.165) is 54.7 Å². The third-order valence-corrected chi connectivity index (χ3v) is 9.66. The normalized spacial score (nSPS) is 13.3. The lowest BCUT2D eigenvalue weighted by Crippen LogP contribution is -2.32. The van der Waals surface area contributed by atoms with Gasteiger partial charge in [0.2, 0.25) is 0 Å². The van der Waals surface area contributed by atoms with Crippen LogP contribution < -0.4 is 17.2 Å². The summed E-state index contributed by atoms with van der Waals surface area (Å²) in [5.41, 5.74) is 15.1. The van der Waals surface area contributed by atoms with Gasteiger partial charge in [0.15, 0.2) is 5.82 Å². The molecule has 0 radical (unpaired) electrons. The van der Waals surface area contributed by atoms with Gasteiger partial charge in [0.1, 0.15) is 5.65 Å². The molecule has 49 heavy (non-hydrogen) atoms. The minimum Gasteiger partial charge on any atom is -0.388 e. The van der Waals surface area contributed by atoms with Crippen LogP contribution in [-0.2, 0) is 6.42 Å². The SMILES string of the molecule is C=CC(N)CCCc1cc(Cl)c(F)c(-c2cc3cn(-c4ccc(C(CCC)N(CCCF)CCCN=C(C)N)c(SC)c4)c(=O)nc3[nH]2)c1. The molecule has 2 atom stereocenters. The summed E-state index contributed by atoms with van der Waals surface area (Å²) in [7, 11) is 0. The Kier molecular flexibility index (Phi) is 14.4. The van der Waals surface area contributed by atoms with Crippen molar-refractivity contribution in [3.63, 3.8) is 0 Å². The largest absolute Gasteiger partial charge is 0.388 e. The minimum absolute atomic E-state index is 0.0280. The summed E-state index contributed by atoms with van der Waals surface area (Å²) in [6.45, 7) is 9.30. The summed E-state index contributed by atoms with van der Waals surface area (Å²) >= 11 is 7.91. The third-order valence-electron chi connectivity index (χ3n) is 8.59. The van der Waals surface area contributed by atoms with Gasteiger partial charge in [0.25, 0.3) is 0 Å². The molecule has 2 aromatic carbocycles. The quantitative estimate of drug-likeness (QED) is 0.0298. The number of halogens is 3. The van der Waals surface area contributed by atoms with Crippen LogP contribution in [0.4, 0.5) is 8.78 Å². The van der Waals surface area contributed by atoms with Crippen molar-refractivity contribution in [3.05, 3.63) is 87.7 Å². The van der Waals surface area contributed by atoms with Crippen LogP contribution >= 0.6 is 23.4 Å². The first-order chi connectivity index (χ1) is 23.6. The number of hydrogen-bond acceptors (Lipinski definition) is 6. The fourth-order valence-electron chi connectivity index (χ4n) is 6.12. The van der Waals surface area contributed by atoms with E-state index in [0.29, 0.717) is 59.7 Å². The van der Waals surface area contributed by atoms with Gasteiger partial charge in [0.05, 0.1) is 28.9 Å². The van der Waals surface area contributed by atoms with Crippen LogP contribution in [-0.4, -0.2) is 63.9 Å². The number of nitrogens with zero attached hydrogens (tertiary/aromatic N) is 4. The average molecular weight is 712 g/mol. The van der Waals surface area contributed by atoms with Crippen LogP contribution in [0.1, 0.15) is 69.5 Å². The molecule has 5 N–H and O–H groups in total. The smallest absolute Gasteiger partial charge is 0.354 e. The number of aromatic nitrogens is 3. The second-order valence-electron chi connectivity index (χ2n) is 12.3. The van der Waals surface area contributed by atoms with Gasteiger partial charge in [-0.05, 0) is 93.2 Å². The highest BCUT2D eigenvalue weighted by Crippen LogP contribution is 2.35. The number of alkyl halides is 1. The summed E-state index contributed by atoms with van der Waals surface area (Å²) in [4.78, 5) is 28.5. The Labute approximate surface area is 297 Å². The Hall–Kier alpha value is -3.51. The number of hydrogen-bond donors (Lipinski definition) is 3. The topological polar surface area (TPSA) is 118 Å². The summed E-state index contributed by atoms with van der Waals surface area (Å²) < 4.78 is 30.1. The third kappa shape index (κ3) is 10.0. The molecule has 0 bridgehead atoms. The molecule has 4 aromatic rings. The van der Waals surface area contributed by atoms with Gasteiger partial charge in [-0.15, -0.1) is 18.3 Å². The van der Waals surface area contributed by atoms with Gasteiger partial charge in [-0.2, -0.15) is 4.98 Å². The van der Waals surface area contributed by atoms with Crippen molar-refractivity contribution in [3.8, 4) is 16.9 Å². The molecule has 12 heteroatoms. The number of aliphatic imine (C=N–C) groups is 1. The van der Waals surface area contributed by atoms with E-state index in [4.69, 9.17) is 23.1 Å². The minimum atomic E-state index is -0.542. The van der Waals surface area contributed by atoms with Crippen molar-refractivity contribution in [1.29, 1.82) is 0 Å². The molecule has 0 aliphatic heterocycles. The zero-order chi connectivity index (χ0) is 35.5. The molecular weight excluding hydrogens is 664 g/mol. The number of rotatable bonds is 19. The fourth-order valence-corrected chi connectivity index (χ4v) is 7.04. The molecule has 8 nitrogen and oxygen atoms in total. The lowest BCUT2D eigenvalue weighted by molar-refractivity contribution is 0.175. The number of nitrogens with two attached hydrogens (primary N) is 2. The van der Waals surface area contributed by atoms with E-state index in [-0.39, 0.29) is 23.8 Å². The Morgan fingerprint density at radius 3 is 2.67 bits per heavy atom. The van der Waals surface area contributed by atoms with E-state index < -0.39 is 11.5 Å². The van der Waals surface area contributed by atoms with Gasteiger partial charge >= 0.3 is 5.69 Å². The lowest BCUT2D eigenvalue weighted by atomic mass is 9.99. The van der Waals surface area contributed by atoms with Gasteiger partial charge < -0.3 is 16.5 Å². The first-order valence-corrected chi connectivity index (χ1v) is 18.4. The first kappa shape index (κ1) is 38.3. The van der Waals surface area contributed by atoms with Crippen molar-refractivity contribution in [2.75, 3.05) is 32.6 Å². The fraction of sp³-hybridized carbons (Fsp3) is 0.432. The molecule has 2 aromatic heterocycles. The zero-order valence-corrected chi connectivity index (χ0v) is 30.2. The molecule has 264 valence electrons. The molecule has 0 spiro atoms. The molecule has 0 fully saturated rings. The van der Waals surface area contributed by atoms with E-state index in [1.54, 1.807) is 49.2 Å². The number of benzene rings is 2. The lowest BCUT2D eigenvalue weighted by Gasteiger charge is -2.33. The Bertz CT molecular complexity index is 1800. The highest BCUT2D eigenvalue weighted by atomic mass is 35.5. The first-order valence-electron chi connectivity index (χ1n) is 16.8. The highest BCUT2D eigenvalue weighted by Gasteiger charge is 2.23. The second kappa shape index (κ2) is 18.5. The number of nitrogens with one attached hydrogen (secondary N) is 1. The standard InChI is InChI=1S/C37H48ClF2N7OS/c1-5-10-33(46(17-8-15-39)18-9-16-43-24(3)41)29-14-13-28(22-34(29)49-4)47-23-26-21-32(44-36(26)45-37(47)48)30-19-25(20-31(38)35(30)40)11-7-12-27(42)6-2/h6,13-14,19-23,27,33H,2,5,7-12,15-18,42H2,1,3-4H3,(H2,41,43)(H,44,45,48). The second-order valence-corrected chi connectivity index (χ2v) is 13.6. The van der Waals surface area contributed by atoms with Gasteiger partial charge in [-0.1, -0.05) is 37.1 Å². The number of aromatic amines is 1. The number of H-pyrrole nitrogens is 1. The van der Waals surface area contributed by atoms with E-state index in [1.165, 1.54) is 4.57 Å². The van der Waals surface area contributed by atoms with E-state index in [1.807, 2.05) is 18.4 Å². The van der Waals surface area contributed by atoms with E-state index in [2.05, 4.69) is 39.4 Å². The number of fused-ring (bicyclic) bond motifs is 1. The monoisotopic (exact) mass is 711 g/mol. The van der Waals surface area contributed by atoms with Crippen LogP contribution in [0.15, 0.2) is 69.9 Å². The molecule has 0 aliphatic carbocycles. The van der Waals surface area contributed by atoms with Crippen molar-refractivity contribution in [1.82, 2.24) is 19.4 Å². The van der Waals surface area contributed by atoms with Crippen molar-refractivity contribution in [2.24, 2.45) is 16.5 Å². The maximum absolute atomic E-state index is 15.3. The maximum atomic E-state index is 15.3. The Balaban J connectivity index is 1.66. The summed E-state index contributed by atoms with van der Waals surface area (Å²) in [5, 5.41) is 0.680. The number of amidine groups is 1. The van der Waals surface area contributed by atoms with Crippen LogP contribution in [0.2, 0.25) is 5.02 Å². The van der Waals surface area contributed by atoms with Gasteiger partial charge in [0, 0.05) is 53.8 Å². The maximum Gasteiger partial charge on any atom is 0.354 e. The van der Waals surface area contributed by atoms with Gasteiger partial charge in [-0.25, -0.2) is 9.18 Å². The molecule has 0 saturated carbocycles. The molecular formula is C37H48ClF2N7OS. The predicted molar refractivity (Wildman–Crippen MR) is 202 cm³/mol. The molecule has 0 saturated heterocycles. The summed E-state index contributed by atoms with van der Waals surface area (Å²) in [5.74, 6) is 0.0151. The van der Waals surface area contributed by atoms with Gasteiger partial charge in [-0.3, -0.25) is 18.8 Å². The Morgan fingerprint density at radius 1 is 1.20 bits per heavy atom. The number of aryl methyl sites for hydroxylation is 1. The average Bonchev–Trinajstić information content (AvgIpc) is 3.50. The van der Waals surface area contributed by atoms with Crippen LogP contribution in [0.3, 0.4) is 0 Å². The molecule has 4 rings (SSSR count).